The summed E-state index contributed by atoms with van der Waals surface area (Å²) in [6.07, 6.45) is 4.94. The molecule has 1 atom stereocenters. The molecule has 1 aliphatic rings. The standard InChI is InChI=1S/C22H23FN4O/c23-20-8-6-18(7-9-20)22(28)19-10-12-26(13-11-19)14-21(27-16-24-15-25-27)17-4-2-1-3-5-17/h1-9,15-16,19,21H,10-14H2. The minimum atomic E-state index is -0.313. The normalized spacial score (nSPS) is 16.8. The first-order valence-electron chi connectivity index (χ1n) is 9.62. The fourth-order valence-corrected chi connectivity index (χ4v) is 3.87. The van der Waals surface area contributed by atoms with Crippen LogP contribution in [0.4, 0.5) is 4.39 Å². The number of Topliss-reactive ketones (excluding diaryl/α,β-unsaturated/α-hetero) is 1. The summed E-state index contributed by atoms with van der Waals surface area (Å²) >= 11 is 0. The van der Waals surface area contributed by atoms with Gasteiger partial charge in [0.1, 0.15) is 18.5 Å². The number of carbonyl (C=O) groups excluding carboxylic acids is 1. The van der Waals surface area contributed by atoms with Crippen molar-refractivity contribution in [1.82, 2.24) is 19.7 Å². The van der Waals surface area contributed by atoms with E-state index >= 15 is 0 Å². The predicted octanol–water partition coefficient (Wildman–Crippen LogP) is 3.60. The number of likely N-dealkylation sites (tertiary alicyclic amines) is 1. The molecule has 1 aromatic heterocycles. The lowest BCUT2D eigenvalue weighted by Gasteiger charge is -2.33. The van der Waals surface area contributed by atoms with Gasteiger partial charge in [-0.2, -0.15) is 5.10 Å². The first-order valence-corrected chi connectivity index (χ1v) is 9.62. The van der Waals surface area contributed by atoms with Gasteiger partial charge in [-0.15, -0.1) is 0 Å². The molecule has 3 aromatic rings. The van der Waals surface area contributed by atoms with Crippen molar-refractivity contribution in [2.75, 3.05) is 19.6 Å². The predicted molar refractivity (Wildman–Crippen MR) is 104 cm³/mol. The molecule has 1 unspecified atom stereocenters. The molecule has 1 saturated heterocycles. The van der Waals surface area contributed by atoms with Crippen molar-refractivity contribution in [3.63, 3.8) is 0 Å². The lowest BCUT2D eigenvalue weighted by molar-refractivity contribution is 0.0831. The fraction of sp³-hybridized carbons (Fsp3) is 0.318. The molecule has 4 rings (SSSR count). The second-order valence-electron chi connectivity index (χ2n) is 7.25. The van der Waals surface area contributed by atoms with E-state index in [0.29, 0.717) is 5.56 Å². The van der Waals surface area contributed by atoms with Crippen LogP contribution in [0.3, 0.4) is 0 Å². The van der Waals surface area contributed by atoms with Gasteiger partial charge in [0.05, 0.1) is 6.04 Å². The molecule has 0 N–H and O–H groups in total. The third-order valence-electron chi connectivity index (χ3n) is 5.46. The van der Waals surface area contributed by atoms with Crippen LogP contribution in [0, 0.1) is 11.7 Å². The summed E-state index contributed by atoms with van der Waals surface area (Å²) in [5.41, 5.74) is 1.79. The summed E-state index contributed by atoms with van der Waals surface area (Å²) in [6, 6.07) is 16.3. The summed E-state index contributed by atoms with van der Waals surface area (Å²) in [6.45, 7) is 2.54. The van der Waals surface area contributed by atoms with Crippen molar-refractivity contribution in [3.8, 4) is 0 Å². The van der Waals surface area contributed by atoms with Crippen LogP contribution >= 0.6 is 0 Å². The number of halogens is 1. The number of carbonyl (C=O) groups is 1. The molecule has 1 aliphatic heterocycles. The van der Waals surface area contributed by atoms with E-state index in [1.165, 1.54) is 17.7 Å². The van der Waals surface area contributed by atoms with Crippen molar-refractivity contribution in [1.29, 1.82) is 0 Å². The molecular formula is C22H23FN4O. The summed E-state index contributed by atoms with van der Waals surface area (Å²) in [5, 5.41) is 4.34. The van der Waals surface area contributed by atoms with Crippen LogP contribution < -0.4 is 0 Å². The SMILES string of the molecule is O=C(c1ccc(F)cc1)C1CCN(CC(c2ccccc2)n2cncn2)CC1. The molecule has 0 radical (unpaired) electrons. The Kier molecular flexibility index (Phi) is 5.58. The van der Waals surface area contributed by atoms with Crippen LogP contribution in [0.1, 0.15) is 34.8 Å². The van der Waals surface area contributed by atoms with Gasteiger partial charge in [0.2, 0.25) is 0 Å². The minimum absolute atomic E-state index is 0.00302. The third-order valence-corrected chi connectivity index (χ3v) is 5.46. The molecule has 6 heteroatoms. The van der Waals surface area contributed by atoms with E-state index in [4.69, 9.17) is 0 Å². The molecule has 0 bridgehead atoms. The van der Waals surface area contributed by atoms with E-state index in [-0.39, 0.29) is 23.6 Å². The first kappa shape index (κ1) is 18.5. The Labute approximate surface area is 163 Å². The quantitative estimate of drug-likeness (QED) is 0.615. The average molecular weight is 378 g/mol. The van der Waals surface area contributed by atoms with Crippen molar-refractivity contribution >= 4 is 5.78 Å². The van der Waals surface area contributed by atoms with Gasteiger partial charge in [0, 0.05) is 18.0 Å². The molecule has 0 spiro atoms. The molecule has 144 valence electrons. The second kappa shape index (κ2) is 8.44. The zero-order valence-electron chi connectivity index (χ0n) is 15.6. The molecule has 0 aliphatic carbocycles. The lowest BCUT2D eigenvalue weighted by atomic mass is 9.88. The monoisotopic (exact) mass is 378 g/mol. The lowest BCUT2D eigenvalue weighted by Crippen LogP contribution is -2.40. The Hall–Kier alpha value is -2.86. The van der Waals surface area contributed by atoms with Crippen LogP contribution in [0.15, 0.2) is 67.3 Å². The van der Waals surface area contributed by atoms with Gasteiger partial charge in [-0.25, -0.2) is 14.1 Å². The second-order valence-corrected chi connectivity index (χ2v) is 7.25. The molecule has 0 amide bonds. The summed E-state index contributed by atoms with van der Waals surface area (Å²) in [4.78, 5) is 19.2. The van der Waals surface area contributed by atoms with Gasteiger partial charge in [0.15, 0.2) is 5.78 Å². The Morgan fingerprint density at radius 3 is 2.43 bits per heavy atom. The number of hydrogen-bond donors (Lipinski definition) is 0. The van der Waals surface area contributed by atoms with Gasteiger partial charge in [-0.3, -0.25) is 4.79 Å². The van der Waals surface area contributed by atoms with Crippen LogP contribution in [-0.4, -0.2) is 45.1 Å². The molecule has 1 fully saturated rings. The van der Waals surface area contributed by atoms with Crippen molar-refractivity contribution in [3.05, 3.63) is 84.2 Å². The summed E-state index contributed by atoms with van der Waals surface area (Å²) in [7, 11) is 0. The van der Waals surface area contributed by atoms with Gasteiger partial charge in [-0.1, -0.05) is 30.3 Å². The molecule has 2 heterocycles. The van der Waals surface area contributed by atoms with Gasteiger partial charge in [-0.05, 0) is 55.8 Å². The number of aromatic nitrogens is 3. The highest BCUT2D eigenvalue weighted by atomic mass is 19.1. The Morgan fingerprint density at radius 1 is 1.07 bits per heavy atom. The molecule has 5 nitrogen and oxygen atoms in total. The molecule has 0 saturated carbocycles. The number of nitrogens with zero attached hydrogens (tertiary/aromatic N) is 4. The van der Waals surface area contributed by atoms with E-state index in [9.17, 15) is 9.18 Å². The largest absolute Gasteiger partial charge is 0.301 e. The number of benzene rings is 2. The summed E-state index contributed by atoms with van der Waals surface area (Å²) in [5.74, 6) is -0.190. The zero-order valence-corrected chi connectivity index (χ0v) is 15.6. The van der Waals surface area contributed by atoms with Gasteiger partial charge < -0.3 is 4.90 Å². The van der Waals surface area contributed by atoms with E-state index < -0.39 is 0 Å². The highest BCUT2D eigenvalue weighted by Gasteiger charge is 2.28. The molecule has 28 heavy (non-hydrogen) atoms. The Bertz CT molecular complexity index is 888. The van der Waals surface area contributed by atoms with Crippen molar-refractivity contribution < 1.29 is 9.18 Å². The maximum atomic E-state index is 13.1. The van der Waals surface area contributed by atoms with Crippen LogP contribution in [0.5, 0.6) is 0 Å². The maximum Gasteiger partial charge on any atom is 0.166 e. The van der Waals surface area contributed by atoms with Crippen LogP contribution in [-0.2, 0) is 0 Å². The van der Waals surface area contributed by atoms with E-state index in [2.05, 4.69) is 27.1 Å². The maximum absolute atomic E-state index is 13.1. The highest BCUT2D eigenvalue weighted by Crippen LogP contribution is 2.25. The smallest absolute Gasteiger partial charge is 0.166 e. The van der Waals surface area contributed by atoms with E-state index in [1.54, 1.807) is 24.8 Å². The van der Waals surface area contributed by atoms with E-state index in [0.717, 1.165) is 32.5 Å². The number of rotatable bonds is 6. The number of piperidine rings is 1. The Morgan fingerprint density at radius 2 is 1.79 bits per heavy atom. The highest BCUT2D eigenvalue weighted by molar-refractivity contribution is 5.97. The van der Waals surface area contributed by atoms with Crippen LogP contribution in [0.2, 0.25) is 0 Å². The summed E-state index contributed by atoms with van der Waals surface area (Å²) < 4.78 is 15.0. The van der Waals surface area contributed by atoms with Gasteiger partial charge >= 0.3 is 0 Å². The minimum Gasteiger partial charge on any atom is -0.301 e. The molecule has 2 aromatic carbocycles. The topological polar surface area (TPSA) is 51.0 Å². The average Bonchev–Trinajstić information content (AvgIpc) is 3.28. The number of ketones is 1. The first-order chi connectivity index (χ1) is 13.7. The Balaban J connectivity index is 1.40. The van der Waals surface area contributed by atoms with Crippen LogP contribution in [0.25, 0.3) is 0 Å². The fourth-order valence-electron chi connectivity index (χ4n) is 3.87. The van der Waals surface area contributed by atoms with Gasteiger partial charge in [0.25, 0.3) is 0 Å². The van der Waals surface area contributed by atoms with Crippen molar-refractivity contribution in [2.24, 2.45) is 5.92 Å². The zero-order chi connectivity index (χ0) is 19.3. The van der Waals surface area contributed by atoms with Crippen molar-refractivity contribution in [2.45, 2.75) is 18.9 Å². The van der Waals surface area contributed by atoms with E-state index in [1.807, 2.05) is 22.9 Å². The number of hydrogen-bond acceptors (Lipinski definition) is 4. The molecular weight excluding hydrogens is 355 g/mol. The third kappa shape index (κ3) is 4.17.